The Bertz CT molecular complexity index is 1260. The van der Waals surface area contributed by atoms with E-state index >= 15 is 0 Å². The van der Waals surface area contributed by atoms with Gasteiger partial charge in [-0.15, -0.1) is 0 Å². The number of aromatic amines is 1. The summed E-state index contributed by atoms with van der Waals surface area (Å²) in [6.07, 6.45) is 3.35. The Morgan fingerprint density at radius 1 is 1.09 bits per heavy atom. The van der Waals surface area contributed by atoms with Gasteiger partial charge in [0.05, 0.1) is 17.1 Å². The number of aryl methyl sites for hydroxylation is 1. The average Bonchev–Trinajstić information content (AvgIpc) is 3.15. The lowest BCUT2D eigenvalue weighted by atomic mass is 10.2. The molecule has 0 aliphatic carbocycles. The van der Waals surface area contributed by atoms with Crippen molar-refractivity contribution in [3.05, 3.63) is 107 Å². The third-order valence-electron chi connectivity index (χ3n) is 4.82. The van der Waals surface area contributed by atoms with Gasteiger partial charge in [-0.2, -0.15) is 0 Å². The van der Waals surface area contributed by atoms with Crippen LogP contribution in [0.15, 0.2) is 83.9 Å². The number of rotatable bonds is 7. The summed E-state index contributed by atoms with van der Waals surface area (Å²) in [5, 5.41) is 5.66. The first kappa shape index (κ1) is 20.9. The van der Waals surface area contributed by atoms with Crippen LogP contribution < -0.4 is 21.1 Å². The highest BCUT2D eigenvalue weighted by Crippen LogP contribution is 2.20. The van der Waals surface area contributed by atoms with Crippen molar-refractivity contribution in [1.29, 1.82) is 0 Å². The molecule has 8 nitrogen and oxygen atoms in total. The molecule has 3 N–H and O–H groups in total. The Hall–Kier alpha value is -4.33. The van der Waals surface area contributed by atoms with Crippen LogP contribution in [0, 0.1) is 6.92 Å². The maximum Gasteiger partial charge on any atom is 0.330 e. The molecular weight excluding hydrogens is 406 g/mol. The molecule has 2 heterocycles. The van der Waals surface area contributed by atoms with Crippen LogP contribution in [0.2, 0.25) is 0 Å². The van der Waals surface area contributed by atoms with Crippen molar-refractivity contribution in [3.8, 4) is 11.4 Å². The van der Waals surface area contributed by atoms with Gasteiger partial charge in [-0.3, -0.25) is 9.55 Å². The van der Waals surface area contributed by atoms with Gasteiger partial charge in [0, 0.05) is 24.6 Å². The molecule has 0 aliphatic rings. The van der Waals surface area contributed by atoms with Crippen molar-refractivity contribution in [1.82, 2.24) is 19.9 Å². The lowest BCUT2D eigenvalue weighted by Crippen LogP contribution is -2.29. The molecular formula is C24H23N5O3. The first-order chi connectivity index (χ1) is 15.6. The van der Waals surface area contributed by atoms with Crippen LogP contribution in [0.4, 0.5) is 10.5 Å². The van der Waals surface area contributed by atoms with Gasteiger partial charge in [0.15, 0.2) is 0 Å². The number of pyridine rings is 1. The first-order valence-corrected chi connectivity index (χ1v) is 10.1. The molecule has 2 amide bonds. The Labute approximate surface area is 184 Å². The molecule has 0 aliphatic heterocycles. The zero-order valence-electron chi connectivity index (χ0n) is 17.5. The quantitative estimate of drug-likeness (QED) is 0.416. The van der Waals surface area contributed by atoms with Crippen LogP contribution in [0.1, 0.15) is 17.0 Å². The zero-order valence-corrected chi connectivity index (χ0v) is 17.5. The van der Waals surface area contributed by atoms with E-state index in [-0.39, 0.29) is 11.7 Å². The topological polar surface area (TPSA) is 101 Å². The van der Waals surface area contributed by atoms with Gasteiger partial charge >= 0.3 is 11.7 Å². The van der Waals surface area contributed by atoms with Crippen LogP contribution in [-0.4, -0.2) is 20.6 Å². The standard InChI is InChI=1S/C24H23N5O3/c1-17-14-27-24(31)29(17)22-11-3-2-10-21(22)28-23(30)26-15-18-7-6-9-20(13-18)32-16-19-8-4-5-12-25-19/h2-14H,15-16H2,1H3,(H,27,31)(H2,26,28,30). The molecule has 2 aromatic carbocycles. The SMILES string of the molecule is Cc1c[nH]c(=O)n1-c1ccccc1NC(=O)NCc1cccc(OCc2ccccn2)c1. The summed E-state index contributed by atoms with van der Waals surface area (Å²) in [5.41, 5.74) is 3.33. The summed E-state index contributed by atoms with van der Waals surface area (Å²) in [5.74, 6) is 0.697. The minimum Gasteiger partial charge on any atom is -0.487 e. The third kappa shape index (κ3) is 5.04. The van der Waals surface area contributed by atoms with Gasteiger partial charge in [0.2, 0.25) is 0 Å². The summed E-state index contributed by atoms with van der Waals surface area (Å²) in [7, 11) is 0. The average molecular weight is 429 g/mol. The number of amides is 2. The minimum atomic E-state index is -0.376. The van der Waals surface area contributed by atoms with Crippen molar-refractivity contribution in [2.45, 2.75) is 20.1 Å². The van der Waals surface area contributed by atoms with Crippen molar-refractivity contribution >= 4 is 11.7 Å². The number of anilines is 1. The number of carbonyl (C=O) groups excluding carboxylic acids is 1. The molecule has 0 radical (unpaired) electrons. The summed E-state index contributed by atoms with van der Waals surface area (Å²) in [6, 6.07) is 20.0. The molecule has 0 saturated heterocycles. The normalized spacial score (nSPS) is 10.5. The first-order valence-electron chi connectivity index (χ1n) is 10.1. The monoisotopic (exact) mass is 429 g/mol. The van der Waals surface area contributed by atoms with Crippen LogP contribution in [0.3, 0.4) is 0 Å². The molecule has 0 bridgehead atoms. The van der Waals surface area contributed by atoms with E-state index in [1.165, 1.54) is 4.57 Å². The van der Waals surface area contributed by atoms with Gasteiger partial charge < -0.3 is 20.4 Å². The summed E-state index contributed by atoms with van der Waals surface area (Å²) in [4.78, 5) is 31.5. The van der Waals surface area contributed by atoms with Crippen molar-refractivity contribution < 1.29 is 9.53 Å². The highest BCUT2D eigenvalue weighted by Gasteiger charge is 2.12. The van der Waals surface area contributed by atoms with Crippen molar-refractivity contribution in [3.63, 3.8) is 0 Å². The Morgan fingerprint density at radius 2 is 1.94 bits per heavy atom. The van der Waals surface area contributed by atoms with Gasteiger partial charge in [-0.25, -0.2) is 9.59 Å². The van der Waals surface area contributed by atoms with E-state index in [1.54, 1.807) is 30.6 Å². The highest BCUT2D eigenvalue weighted by atomic mass is 16.5. The van der Waals surface area contributed by atoms with Crippen LogP contribution in [-0.2, 0) is 13.2 Å². The number of urea groups is 1. The van der Waals surface area contributed by atoms with Gasteiger partial charge in [0.1, 0.15) is 12.4 Å². The number of H-pyrrole nitrogens is 1. The molecule has 162 valence electrons. The predicted octanol–water partition coefficient (Wildman–Crippen LogP) is 3.77. The fourth-order valence-electron chi connectivity index (χ4n) is 3.26. The smallest absolute Gasteiger partial charge is 0.330 e. The number of ether oxygens (including phenoxy) is 1. The van der Waals surface area contributed by atoms with Gasteiger partial charge in [0.25, 0.3) is 0 Å². The second kappa shape index (κ2) is 9.65. The number of hydrogen-bond donors (Lipinski definition) is 3. The van der Waals surface area contributed by atoms with E-state index in [1.807, 2.05) is 55.5 Å². The third-order valence-corrected chi connectivity index (χ3v) is 4.82. The molecule has 8 heteroatoms. The number of aromatic nitrogens is 3. The summed E-state index contributed by atoms with van der Waals surface area (Å²) >= 11 is 0. The van der Waals surface area contributed by atoms with Crippen molar-refractivity contribution in [2.24, 2.45) is 0 Å². The number of nitrogens with zero attached hydrogens (tertiary/aromatic N) is 2. The summed E-state index contributed by atoms with van der Waals surface area (Å²) < 4.78 is 7.30. The molecule has 0 spiro atoms. The molecule has 2 aromatic heterocycles. The van der Waals surface area contributed by atoms with E-state index in [9.17, 15) is 9.59 Å². The molecule has 4 rings (SSSR count). The van der Waals surface area contributed by atoms with E-state index in [2.05, 4.69) is 20.6 Å². The fraction of sp³-hybridized carbons (Fsp3) is 0.125. The molecule has 0 atom stereocenters. The Morgan fingerprint density at radius 3 is 2.72 bits per heavy atom. The Balaban J connectivity index is 1.38. The Kier molecular flexibility index (Phi) is 6.31. The number of carbonyl (C=O) groups is 1. The molecule has 0 unspecified atom stereocenters. The zero-order chi connectivity index (χ0) is 22.3. The largest absolute Gasteiger partial charge is 0.487 e. The minimum absolute atomic E-state index is 0.264. The van der Waals surface area contributed by atoms with Crippen LogP contribution >= 0.6 is 0 Å². The number of benzene rings is 2. The maximum atomic E-state index is 12.5. The van der Waals surface area contributed by atoms with E-state index in [0.717, 1.165) is 17.0 Å². The van der Waals surface area contributed by atoms with E-state index < -0.39 is 0 Å². The number of imidazole rings is 1. The number of para-hydroxylation sites is 2. The number of hydrogen-bond acceptors (Lipinski definition) is 4. The van der Waals surface area contributed by atoms with E-state index in [0.29, 0.717) is 30.3 Å². The lowest BCUT2D eigenvalue weighted by molar-refractivity contribution is 0.251. The molecule has 0 fully saturated rings. The lowest BCUT2D eigenvalue weighted by Gasteiger charge is -2.13. The molecule has 4 aromatic rings. The fourth-order valence-corrected chi connectivity index (χ4v) is 3.26. The van der Waals surface area contributed by atoms with Crippen LogP contribution in [0.5, 0.6) is 5.75 Å². The van der Waals surface area contributed by atoms with Crippen molar-refractivity contribution in [2.75, 3.05) is 5.32 Å². The van der Waals surface area contributed by atoms with Gasteiger partial charge in [-0.1, -0.05) is 30.3 Å². The maximum absolute atomic E-state index is 12.5. The van der Waals surface area contributed by atoms with E-state index in [4.69, 9.17) is 4.74 Å². The number of nitrogens with one attached hydrogen (secondary N) is 3. The van der Waals surface area contributed by atoms with Gasteiger partial charge in [-0.05, 0) is 48.9 Å². The summed E-state index contributed by atoms with van der Waals surface area (Å²) in [6.45, 7) is 2.50. The molecule has 32 heavy (non-hydrogen) atoms. The predicted molar refractivity (Wildman–Crippen MR) is 122 cm³/mol. The second-order valence-electron chi connectivity index (χ2n) is 7.15. The second-order valence-corrected chi connectivity index (χ2v) is 7.15. The highest BCUT2D eigenvalue weighted by molar-refractivity contribution is 5.91. The van der Waals surface area contributed by atoms with Crippen LogP contribution in [0.25, 0.3) is 5.69 Å². The molecule has 0 saturated carbocycles.